The summed E-state index contributed by atoms with van der Waals surface area (Å²) < 4.78 is 2.84. The van der Waals surface area contributed by atoms with Gasteiger partial charge in [-0.3, -0.25) is 9.48 Å². The quantitative estimate of drug-likeness (QED) is 0.495. The zero-order chi connectivity index (χ0) is 22.0. The summed E-state index contributed by atoms with van der Waals surface area (Å²) in [4.78, 5) is 21.6. The summed E-state index contributed by atoms with van der Waals surface area (Å²) in [5.74, 6) is 1.02. The van der Waals surface area contributed by atoms with Gasteiger partial charge < -0.3 is 10.4 Å². The Kier molecular flexibility index (Phi) is 6.48. The van der Waals surface area contributed by atoms with Gasteiger partial charge in [0.25, 0.3) is 0 Å². The van der Waals surface area contributed by atoms with Gasteiger partial charge in [0.15, 0.2) is 0 Å². The molecule has 0 saturated heterocycles. The molecule has 0 bridgehead atoms. The van der Waals surface area contributed by atoms with Crippen molar-refractivity contribution < 1.29 is 9.90 Å². The van der Waals surface area contributed by atoms with Crippen LogP contribution in [-0.2, 0) is 6.54 Å². The van der Waals surface area contributed by atoms with Gasteiger partial charge >= 0.3 is 0 Å². The van der Waals surface area contributed by atoms with E-state index in [1.807, 2.05) is 35.9 Å². The Balaban J connectivity index is 1.54. The van der Waals surface area contributed by atoms with E-state index in [0.29, 0.717) is 29.5 Å². The topological polar surface area (TPSA) is 92.9 Å². The van der Waals surface area contributed by atoms with E-state index in [0.717, 1.165) is 28.6 Å². The number of aryl methyl sites for hydroxylation is 1. The third-order valence-electron chi connectivity index (χ3n) is 6.02. The summed E-state index contributed by atoms with van der Waals surface area (Å²) in [7, 11) is 0. The van der Waals surface area contributed by atoms with Gasteiger partial charge in [-0.1, -0.05) is 35.0 Å². The van der Waals surface area contributed by atoms with Gasteiger partial charge in [-0.25, -0.2) is 9.97 Å². The van der Waals surface area contributed by atoms with Crippen molar-refractivity contribution in [3.05, 3.63) is 69.8 Å². The number of aliphatic hydroxyl groups excluding tert-OH is 1. The number of ketones is 1. The molecule has 162 valence electrons. The number of hydrogen-bond donors (Lipinski definition) is 2. The summed E-state index contributed by atoms with van der Waals surface area (Å²) in [6.07, 6.45) is 4.78. The highest BCUT2D eigenvalue weighted by Gasteiger charge is 2.31. The van der Waals surface area contributed by atoms with Gasteiger partial charge in [0, 0.05) is 29.0 Å². The molecular formula is C23H26BrN5O2. The highest BCUT2D eigenvalue weighted by Crippen LogP contribution is 2.33. The van der Waals surface area contributed by atoms with Crippen LogP contribution in [0.2, 0.25) is 0 Å². The first-order valence-corrected chi connectivity index (χ1v) is 11.2. The van der Waals surface area contributed by atoms with Crippen LogP contribution in [-0.4, -0.2) is 43.3 Å². The van der Waals surface area contributed by atoms with Crippen molar-refractivity contribution in [1.29, 1.82) is 0 Å². The molecule has 1 fully saturated rings. The standard InChI is InChI=1S/C23H26BrN5O2/c1-14-6-19(9-17(14)12-30)27-23-20(10-25-13-26-23)22(31)21-7-15(2)29(28-21)11-16-4-3-5-18(24)8-16/h3-5,7-8,10,13-14,17,19,30H,6,9,11-12H2,1-2H3,(H,25,26,27)/t14-,17-,19-/m0/s1. The van der Waals surface area contributed by atoms with Crippen molar-refractivity contribution in [1.82, 2.24) is 19.7 Å². The zero-order valence-corrected chi connectivity index (χ0v) is 19.2. The number of rotatable bonds is 7. The van der Waals surface area contributed by atoms with E-state index in [-0.39, 0.29) is 24.3 Å². The fourth-order valence-corrected chi connectivity index (χ4v) is 4.69. The minimum Gasteiger partial charge on any atom is -0.396 e. The predicted molar refractivity (Wildman–Crippen MR) is 122 cm³/mol. The van der Waals surface area contributed by atoms with Crippen LogP contribution in [0.5, 0.6) is 0 Å². The fourth-order valence-electron chi connectivity index (χ4n) is 4.24. The molecule has 0 unspecified atom stereocenters. The normalized spacial score (nSPS) is 20.7. The molecule has 31 heavy (non-hydrogen) atoms. The van der Waals surface area contributed by atoms with Gasteiger partial charge in [-0.2, -0.15) is 5.10 Å². The van der Waals surface area contributed by atoms with Gasteiger partial charge in [-0.05, 0) is 55.4 Å². The van der Waals surface area contributed by atoms with Crippen LogP contribution >= 0.6 is 15.9 Å². The molecule has 2 heterocycles. The van der Waals surface area contributed by atoms with Gasteiger partial charge in [-0.15, -0.1) is 0 Å². The number of aromatic nitrogens is 4. The summed E-state index contributed by atoms with van der Waals surface area (Å²) in [5, 5.41) is 17.5. The highest BCUT2D eigenvalue weighted by atomic mass is 79.9. The molecule has 1 aliphatic rings. The molecule has 2 aromatic heterocycles. The van der Waals surface area contributed by atoms with E-state index < -0.39 is 0 Å². The Labute approximate surface area is 190 Å². The van der Waals surface area contributed by atoms with E-state index in [1.165, 1.54) is 6.33 Å². The van der Waals surface area contributed by atoms with Crippen molar-refractivity contribution in [3.8, 4) is 0 Å². The van der Waals surface area contributed by atoms with E-state index in [2.05, 4.69) is 43.2 Å². The Bertz CT molecular complexity index is 1080. The van der Waals surface area contributed by atoms with Gasteiger partial charge in [0.2, 0.25) is 5.78 Å². The van der Waals surface area contributed by atoms with Crippen molar-refractivity contribution in [2.75, 3.05) is 11.9 Å². The van der Waals surface area contributed by atoms with Crippen LogP contribution in [0.25, 0.3) is 0 Å². The van der Waals surface area contributed by atoms with Crippen LogP contribution in [0.4, 0.5) is 5.82 Å². The number of aliphatic hydroxyl groups is 1. The minimum absolute atomic E-state index is 0.171. The molecular weight excluding hydrogens is 458 g/mol. The molecule has 0 spiro atoms. The van der Waals surface area contributed by atoms with Crippen molar-refractivity contribution in [2.24, 2.45) is 11.8 Å². The molecule has 4 rings (SSSR count). The first kappa shape index (κ1) is 21.6. The van der Waals surface area contributed by atoms with Crippen molar-refractivity contribution in [3.63, 3.8) is 0 Å². The van der Waals surface area contributed by atoms with E-state index >= 15 is 0 Å². The van der Waals surface area contributed by atoms with Crippen LogP contribution in [0, 0.1) is 18.8 Å². The number of anilines is 1. The minimum atomic E-state index is -0.205. The molecule has 0 aliphatic heterocycles. The Morgan fingerprint density at radius 2 is 2.16 bits per heavy atom. The van der Waals surface area contributed by atoms with Crippen LogP contribution in [0.3, 0.4) is 0 Å². The monoisotopic (exact) mass is 483 g/mol. The third kappa shape index (κ3) is 4.85. The SMILES string of the molecule is Cc1cc(C(=O)c2cncnc2N[C@@H]2C[C@@H](CO)[C@@H](C)C2)nn1Cc1cccc(Br)c1. The number of halogens is 1. The molecule has 1 aliphatic carbocycles. The number of benzene rings is 1. The average molecular weight is 484 g/mol. The molecule has 0 amide bonds. The maximum Gasteiger partial charge on any atom is 0.218 e. The second-order valence-corrected chi connectivity index (χ2v) is 9.22. The molecule has 8 heteroatoms. The maximum atomic E-state index is 13.3. The molecule has 2 N–H and O–H groups in total. The van der Waals surface area contributed by atoms with E-state index in [9.17, 15) is 9.90 Å². The smallest absolute Gasteiger partial charge is 0.218 e. The molecule has 1 aromatic carbocycles. The summed E-state index contributed by atoms with van der Waals surface area (Å²) in [5.41, 5.74) is 2.79. The second kappa shape index (κ2) is 9.28. The van der Waals surface area contributed by atoms with Crippen molar-refractivity contribution in [2.45, 2.75) is 39.3 Å². The first-order valence-electron chi connectivity index (χ1n) is 10.5. The first-order chi connectivity index (χ1) is 14.9. The van der Waals surface area contributed by atoms with E-state index in [1.54, 1.807) is 12.3 Å². The van der Waals surface area contributed by atoms with E-state index in [4.69, 9.17) is 0 Å². The number of nitrogens with zero attached hydrogens (tertiary/aromatic N) is 4. The largest absolute Gasteiger partial charge is 0.396 e. The molecule has 3 atom stereocenters. The third-order valence-corrected chi connectivity index (χ3v) is 6.51. The highest BCUT2D eigenvalue weighted by molar-refractivity contribution is 9.10. The van der Waals surface area contributed by atoms with Crippen LogP contribution in [0.15, 0.2) is 47.3 Å². The number of carbonyl (C=O) groups excluding carboxylic acids is 1. The molecule has 3 aromatic rings. The summed E-state index contributed by atoms with van der Waals surface area (Å²) in [6, 6.07) is 10.0. The lowest BCUT2D eigenvalue weighted by molar-refractivity contribution is 0.103. The van der Waals surface area contributed by atoms with Crippen molar-refractivity contribution >= 4 is 27.5 Å². The number of carbonyl (C=O) groups is 1. The van der Waals surface area contributed by atoms with Gasteiger partial charge in [0.05, 0.1) is 12.1 Å². The number of hydrogen-bond acceptors (Lipinski definition) is 6. The lowest BCUT2D eigenvalue weighted by Gasteiger charge is -2.15. The maximum absolute atomic E-state index is 13.3. The Morgan fingerprint density at radius 1 is 1.32 bits per heavy atom. The number of nitrogens with one attached hydrogen (secondary N) is 1. The van der Waals surface area contributed by atoms with Crippen LogP contribution in [0.1, 0.15) is 47.1 Å². The fraction of sp³-hybridized carbons (Fsp3) is 0.391. The summed E-state index contributed by atoms with van der Waals surface area (Å²) in [6.45, 7) is 4.85. The predicted octanol–water partition coefficient (Wildman–Crippen LogP) is 3.84. The van der Waals surface area contributed by atoms with Crippen LogP contribution < -0.4 is 5.32 Å². The zero-order valence-electron chi connectivity index (χ0n) is 17.6. The molecule has 7 nitrogen and oxygen atoms in total. The Morgan fingerprint density at radius 3 is 2.90 bits per heavy atom. The summed E-state index contributed by atoms with van der Waals surface area (Å²) >= 11 is 3.49. The average Bonchev–Trinajstić information content (AvgIpc) is 3.29. The van der Waals surface area contributed by atoms with Gasteiger partial charge in [0.1, 0.15) is 17.8 Å². The molecule has 1 saturated carbocycles. The lowest BCUT2D eigenvalue weighted by atomic mass is 10.00. The lowest BCUT2D eigenvalue weighted by Crippen LogP contribution is -2.20. The second-order valence-electron chi connectivity index (χ2n) is 8.31. The Hall–Kier alpha value is -2.58. The molecule has 0 radical (unpaired) electrons.